The molecule has 1 atom stereocenters. The van der Waals surface area contributed by atoms with Crippen molar-refractivity contribution in [3.05, 3.63) is 48.6 Å². The quantitative estimate of drug-likeness (QED) is 0.0346. The summed E-state index contributed by atoms with van der Waals surface area (Å²) in [7, 11) is 0. The van der Waals surface area contributed by atoms with E-state index in [1.807, 2.05) is 0 Å². The molecule has 1 unspecified atom stereocenters. The Kier molecular flexibility index (Phi) is 51.4. The summed E-state index contributed by atoms with van der Waals surface area (Å²) in [5.41, 5.74) is 0. The van der Waals surface area contributed by atoms with Crippen LogP contribution in [0.5, 0.6) is 0 Å². The van der Waals surface area contributed by atoms with Crippen molar-refractivity contribution in [1.29, 1.82) is 0 Å². The molecule has 0 fully saturated rings. The van der Waals surface area contributed by atoms with Crippen molar-refractivity contribution in [2.75, 3.05) is 19.8 Å². The van der Waals surface area contributed by atoms with E-state index in [0.29, 0.717) is 19.4 Å². The van der Waals surface area contributed by atoms with E-state index in [0.717, 1.165) is 70.6 Å². The fraction of sp³-hybridized carbons (Fsp3) is 0.825. The van der Waals surface area contributed by atoms with Crippen LogP contribution < -0.4 is 0 Å². The van der Waals surface area contributed by atoms with Crippen LogP contribution in [0.25, 0.3) is 0 Å². The second-order valence-corrected chi connectivity index (χ2v) is 18.1. The molecule has 0 aromatic carbocycles. The molecule has 0 aliphatic heterocycles. The van der Waals surface area contributed by atoms with Gasteiger partial charge in [0, 0.05) is 19.4 Å². The molecule has 0 aromatic rings. The van der Waals surface area contributed by atoms with E-state index in [-0.39, 0.29) is 25.2 Å². The first kappa shape index (κ1) is 59.9. The molecular weight excluding hydrogens is 765 g/mol. The predicted molar refractivity (Wildman–Crippen MR) is 270 cm³/mol. The van der Waals surface area contributed by atoms with Gasteiger partial charge in [-0.15, -0.1) is 0 Å². The first-order valence-corrected chi connectivity index (χ1v) is 27.2. The normalized spacial score (nSPS) is 12.5. The third-order valence-corrected chi connectivity index (χ3v) is 11.9. The van der Waals surface area contributed by atoms with Crippen LogP contribution in [-0.2, 0) is 23.8 Å². The number of ether oxygens (including phenoxy) is 3. The van der Waals surface area contributed by atoms with E-state index in [1.165, 1.54) is 173 Å². The lowest BCUT2D eigenvalue weighted by molar-refractivity contribution is -0.163. The second kappa shape index (κ2) is 53.2. The molecule has 5 heteroatoms. The lowest BCUT2D eigenvalue weighted by Gasteiger charge is -2.18. The van der Waals surface area contributed by atoms with Gasteiger partial charge in [-0.25, -0.2) is 0 Å². The Labute approximate surface area is 386 Å². The number of hydrogen-bond donors (Lipinski definition) is 0. The number of carbonyl (C=O) groups is 2. The Bertz CT molecular complexity index is 1030. The molecule has 0 aliphatic rings. The Morgan fingerprint density at radius 2 is 0.726 bits per heavy atom. The molecule has 0 rings (SSSR count). The van der Waals surface area contributed by atoms with Crippen LogP contribution in [0.1, 0.15) is 278 Å². The van der Waals surface area contributed by atoms with Gasteiger partial charge in [-0.1, -0.05) is 256 Å². The van der Waals surface area contributed by atoms with Crippen molar-refractivity contribution >= 4 is 11.9 Å². The van der Waals surface area contributed by atoms with E-state index in [2.05, 4.69) is 69.4 Å². The van der Waals surface area contributed by atoms with Crippen molar-refractivity contribution in [3.63, 3.8) is 0 Å². The summed E-state index contributed by atoms with van der Waals surface area (Å²) in [6, 6.07) is 0. The Hall–Kier alpha value is -2.14. The fourth-order valence-corrected chi connectivity index (χ4v) is 7.86. The van der Waals surface area contributed by atoms with E-state index in [4.69, 9.17) is 14.2 Å². The molecular formula is C57H104O5. The van der Waals surface area contributed by atoms with Gasteiger partial charge in [-0.05, 0) is 57.8 Å². The SMILES string of the molecule is CC/C=C\C/C=C\C/C=C\C/C=C\CCCCCCCCC(=O)OCC(COCCCCCCCCCCCCCCCCCCCCCC)OC(=O)CCCCCCCCC. The molecule has 62 heavy (non-hydrogen) atoms. The zero-order chi connectivity index (χ0) is 44.9. The molecule has 0 amide bonds. The van der Waals surface area contributed by atoms with E-state index in [1.54, 1.807) is 0 Å². The molecule has 0 radical (unpaired) electrons. The van der Waals surface area contributed by atoms with Gasteiger partial charge in [0.15, 0.2) is 6.10 Å². The maximum absolute atomic E-state index is 12.7. The van der Waals surface area contributed by atoms with Crippen molar-refractivity contribution in [2.24, 2.45) is 0 Å². The van der Waals surface area contributed by atoms with Crippen LogP contribution in [-0.4, -0.2) is 37.9 Å². The largest absolute Gasteiger partial charge is 0.462 e. The molecule has 0 aliphatic carbocycles. The van der Waals surface area contributed by atoms with Gasteiger partial charge in [0.05, 0.1) is 6.61 Å². The molecule has 0 bridgehead atoms. The molecule has 0 spiro atoms. The minimum absolute atomic E-state index is 0.0815. The fourth-order valence-electron chi connectivity index (χ4n) is 7.86. The van der Waals surface area contributed by atoms with Crippen molar-refractivity contribution in [3.8, 4) is 0 Å². The maximum Gasteiger partial charge on any atom is 0.306 e. The minimum atomic E-state index is -0.536. The van der Waals surface area contributed by atoms with Crippen LogP contribution in [0.3, 0.4) is 0 Å². The van der Waals surface area contributed by atoms with E-state index < -0.39 is 6.10 Å². The molecule has 0 saturated heterocycles. The lowest BCUT2D eigenvalue weighted by Crippen LogP contribution is -2.30. The number of carbonyl (C=O) groups excluding carboxylic acids is 2. The molecule has 0 saturated carbocycles. The van der Waals surface area contributed by atoms with Crippen LogP contribution in [0, 0.1) is 0 Å². The first-order valence-electron chi connectivity index (χ1n) is 27.2. The highest BCUT2D eigenvalue weighted by atomic mass is 16.6. The molecule has 362 valence electrons. The second-order valence-electron chi connectivity index (χ2n) is 18.1. The Morgan fingerprint density at radius 1 is 0.371 bits per heavy atom. The monoisotopic (exact) mass is 869 g/mol. The van der Waals surface area contributed by atoms with Crippen LogP contribution in [0.15, 0.2) is 48.6 Å². The summed E-state index contributed by atoms with van der Waals surface area (Å²) in [6.45, 7) is 7.71. The predicted octanol–water partition coefficient (Wildman–Crippen LogP) is 18.3. The molecule has 0 N–H and O–H groups in total. The molecule has 0 aromatic heterocycles. The summed E-state index contributed by atoms with van der Waals surface area (Å²) in [6.07, 6.45) is 65.7. The van der Waals surface area contributed by atoms with Gasteiger partial charge in [-0.2, -0.15) is 0 Å². The maximum atomic E-state index is 12.7. The summed E-state index contributed by atoms with van der Waals surface area (Å²) in [5, 5.41) is 0. The minimum Gasteiger partial charge on any atom is -0.462 e. The number of esters is 2. The van der Waals surface area contributed by atoms with Gasteiger partial charge in [0.2, 0.25) is 0 Å². The van der Waals surface area contributed by atoms with Gasteiger partial charge >= 0.3 is 11.9 Å². The number of allylic oxidation sites excluding steroid dienone is 8. The highest BCUT2D eigenvalue weighted by Crippen LogP contribution is 2.16. The smallest absolute Gasteiger partial charge is 0.306 e. The van der Waals surface area contributed by atoms with Crippen molar-refractivity contribution < 1.29 is 23.8 Å². The topological polar surface area (TPSA) is 61.8 Å². The molecule has 0 heterocycles. The third-order valence-electron chi connectivity index (χ3n) is 11.9. The lowest BCUT2D eigenvalue weighted by atomic mass is 10.0. The highest BCUT2D eigenvalue weighted by molar-refractivity contribution is 5.70. The first-order chi connectivity index (χ1) is 30.6. The van der Waals surface area contributed by atoms with Gasteiger partial charge in [0.1, 0.15) is 6.61 Å². The van der Waals surface area contributed by atoms with Gasteiger partial charge < -0.3 is 14.2 Å². The number of rotatable bonds is 50. The van der Waals surface area contributed by atoms with E-state index >= 15 is 0 Å². The average Bonchev–Trinajstić information content (AvgIpc) is 3.27. The number of hydrogen-bond acceptors (Lipinski definition) is 5. The van der Waals surface area contributed by atoms with E-state index in [9.17, 15) is 9.59 Å². The summed E-state index contributed by atoms with van der Waals surface area (Å²) < 4.78 is 17.4. The summed E-state index contributed by atoms with van der Waals surface area (Å²) in [5.74, 6) is -0.407. The zero-order valence-corrected chi connectivity index (χ0v) is 41.6. The summed E-state index contributed by atoms with van der Waals surface area (Å²) in [4.78, 5) is 25.3. The van der Waals surface area contributed by atoms with Crippen molar-refractivity contribution in [2.45, 2.75) is 284 Å². The van der Waals surface area contributed by atoms with Gasteiger partial charge in [0.25, 0.3) is 0 Å². The third kappa shape index (κ3) is 50.5. The van der Waals surface area contributed by atoms with Gasteiger partial charge in [-0.3, -0.25) is 9.59 Å². The Morgan fingerprint density at radius 3 is 1.16 bits per heavy atom. The average molecular weight is 869 g/mol. The van der Waals surface area contributed by atoms with Crippen LogP contribution in [0.4, 0.5) is 0 Å². The highest BCUT2D eigenvalue weighted by Gasteiger charge is 2.17. The number of unbranched alkanes of at least 4 members (excludes halogenated alkanes) is 31. The van der Waals surface area contributed by atoms with Crippen molar-refractivity contribution in [1.82, 2.24) is 0 Å². The summed E-state index contributed by atoms with van der Waals surface area (Å²) >= 11 is 0. The standard InChI is InChI=1S/C57H104O5/c1-4-7-10-13-16-18-20-22-24-26-28-30-32-34-36-38-40-43-46-49-52-60-53-55(62-57(59)51-48-45-41-15-12-9-6-3)54-61-56(58)50-47-44-42-39-37-35-33-31-29-27-25-23-21-19-17-14-11-8-5-2/h8,11,17,19,23,25,29,31,55H,4-7,9-10,12-16,18,20-22,24,26-28,30,32-54H2,1-3H3/b11-8-,19-17-,25-23-,31-29-. The Balaban J connectivity index is 4.07. The zero-order valence-electron chi connectivity index (χ0n) is 41.6. The molecule has 5 nitrogen and oxygen atoms in total. The van der Waals surface area contributed by atoms with Crippen LogP contribution in [0.2, 0.25) is 0 Å². The van der Waals surface area contributed by atoms with Crippen LogP contribution >= 0.6 is 0 Å².